The van der Waals surface area contributed by atoms with Crippen molar-refractivity contribution in [2.75, 3.05) is 18.5 Å². The third-order valence-corrected chi connectivity index (χ3v) is 4.22. The maximum absolute atomic E-state index is 9.85. The lowest BCUT2D eigenvalue weighted by atomic mass is 9.98. The van der Waals surface area contributed by atoms with E-state index in [-0.39, 0.29) is 10.7 Å². The highest BCUT2D eigenvalue weighted by Crippen LogP contribution is 2.21. The normalized spacial score (nSPS) is 19.1. The maximum atomic E-state index is 9.85. The van der Waals surface area contributed by atoms with Crippen LogP contribution < -0.4 is 0 Å². The highest BCUT2D eigenvalue weighted by Gasteiger charge is 2.27. The maximum Gasteiger partial charge on any atom is 0.0964 e. The van der Waals surface area contributed by atoms with Crippen molar-refractivity contribution in [3.05, 3.63) is 0 Å². The standard InChI is InChI=1S/C10H21BrO2S/c1-8(14)10(4,12)7-13-6-9(2,3)5-11/h8,12,14H,5-7H2,1-4H3. The van der Waals surface area contributed by atoms with Crippen LogP contribution in [0.2, 0.25) is 0 Å². The van der Waals surface area contributed by atoms with Gasteiger partial charge in [0, 0.05) is 10.6 Å². The first-order chi connectivity index (χ1) is 6.21. The van der Waals surface area contributed by atoms with Crippen molar-refractivity contribution in [3.63, 3.8) is 0 Å². The molecule has 0 fully saturated rings. The zero-order chi connectivity index (χ0) is 11.4. The van der Waals surface area contributed by atoms with Crippen LogP contribution in [0.15, 0.2) is 0 Å². The molecule has 0 amide bonds. The monoisotopic (exact) mass is 284 g/mol. The van der Waals surface area contributed by atoms with E-state index in [2.05, 4.69) is 42.4 Å². The summed E-state index contributed by atoms with van der Waals surface area (Å²) in [6.45, 7) is 8.79. The molecule has 0 aromatic carbocycles. The van der Waals surface area contributed by atoms with Crippen LogP contribution in [-0.4, -0.2) is 34.5 Å². The van der Waals surface area contributed by atoms with E-state index in [9.17, 15) is 5.11 Å². The van der Waals surface area contributed by atoms with Crippen molar-refractivity contribution >= 4 is 28.6 Å². The molecule has 2 nitrogen and oxygen atoms in total. The highest BCUT2D eigenvalue weighted by molar-refractivity contribution is 9.09. The van der Waals surface area contributed by atoms with Crippen molar-refractivity contribution in [1.82, 2.24) is 0 Å². The molecule has 0 aromatic heterocycles. The summed E-state index contributed by atoms with van der Waals surface area (Å²) in [5, 5.41) is 10.6. The van der Waals surface area contributed by atoms with Crippen molar-refractivity contribution in [1.29, 1.82) is 0 Å². The first-order valence-corrected chi connectivity index (χ1v) is 6.39. The molecule has 0 radical (unpaired) electrons. The van der Waals surface area contributed by atoms with Gasteiger partial charge in [-0.3, -0.25) is 0 Å². The molecule has 0 saturated heterocycles. The Bertz CT molecular complexity index is 170. The van der Waals surface area contributed by atoms with Gasteiger partial charge in [-0.2, -0.15) is 12.6 Å². The lowest BCUT2D eigenvalue weighted by molar-refractivity contribution is -0.0477. The Morgan fingerprint density at radius 1 is 1.36 bits per heavy atom. The molecule has 0 aliphatic rings. The Balaban J connectivity index is 3.85. The summed E-state index contributed by atoms with van der Waals surface area (Å²) in [4.78, 5) is 0. The number of alkyl halides is 1. The fourth-order valence-electron chi connectivity index (χ4n) is 0.693. The average Bonchev–Trinajstić information content (AvgIpc) is 2.03. The number of halogens is 1. The van der Waals surface area contributed by atoms with Gasteiger partial charge in [0.15, 0.2) is 0 Å². The number of hydrogen-bond donors (Lipinski definition) is 2. The zero-order valence-corrected chi connectivity index (χ0v) is 11.9. The third kappa shape index (κ3) is 5.59. The Morgan fingerprint density at radius 2 is 1.86 bits per heavy atom. The number of thiol groups is 1. The second-order valence-corrected chi connectivity index (χ2v) is 6.16. The Labute approximate surface area is 101 Å². The fraction of sp³-hybridized carbons (Fsp3) is 1.00. The first kappa shape index (κ1) is 14.8. The third-order valence-electron chi connectivity index (χ3n) is 2.15. The van der Waals surface area contributed by atoms with Crippen molar-refractivity contribution < 1.29 is 9.84 Å². The van der Waals surface area contributed by atoms with Gasteiger partial charge in [0.2, 0.25) is 0 Å². The van der Waals surface area contributed by atoms with Crippen LogP contribution in [0.5, 0.6) is 0 Å². The van der Waals surface area contributed by atoms with Crippen LogP contribution in [0.25, 0.3) is 0 Å². The van der Waals surface area contributed by atoms with Crippen LogP contribution >= 0.6 is 28.6 Å². The number of ether oxygens (including phenoxy) is 1. The smallest absolute Gasteiger partial charge is 0.0964 e. The van der Waals surface area contributed by atoms with E-state index in [0.29, 0.717) is 13.2 Å². The fourth-order valence-corrected chi connectivity index (χ4v) is 0.930. The van der Waals surface area contributed by atoms with Crippen LogP contribution in [0.1, 0.15) is 27.7 Å². The van der Waals surface area contributed by atoms with E-state index in [4.69, 9.17) is 4.74 Å². The van der Waals surface area contributed by atoms with Crippen molar-refractivity contribution in [2.45, 2.75) is 38.5 Å². The number of hydrogen-bond acceptors (Lipinski definition) is 3. The molecule has 1 N–H and O–H groups in total. The SMILES string of the molecule is CC(S)C(C)(O)COCC(C)(C)CBr. The quantitative estimate of drug-likeness (QED) is 0.580. The van der Waals surface area contributed by atoms with Crippen LogP contribution in [0.4, 0.5) is 0 Å². The zero-order valence-electron chi connectivity index (χ0n) is 9.38. The molecule has 4 heteroatoms. The molecule has 0 spiro atoms. The Morgan fingerprint density at radius 3 is 2.21 bits per heavy atom. The molecule has 86 valence electrons. The van der Waals surface area contributed by atoms with Gasteiger partial charge in [-0.1, -0.05) is 36.7 Å². The molecule has 14 heavy (non-hydrogen) atoms. The van der Waals surface area contributed by atoms with E-state index in [1.54, 1.807) is 6.92 Å². The molecule has 0 heterocycles. The van der Waals surface area contributed by atoms with Gasteiger partial charge in [0.05, 0.1) is 18.8 Å². The highest BCUT2D eigenvalue weighted by atomic mass is 79.9. The summed E-state index contributed by atoms with van der Waals surface area (Å²) in [6.07, 6.45) is 0. The predicted molar refractivity (Wildman–Crippen MR) is 67.5 cm³/mol. The summed E-state index contributed by atoms with van der Waals surface area (Å²) in [5.74, 6) is 0. The van der Waals surface area contributed by atoms with E-state index in [1.165, 1.54) is 0 Å². The minimum atomic E-state index is -0.856. The summed E-state index contributed by atoms with van der Waals surface area (Å²) in [5.41, 5.74) is -0.749. The van der Waals surface area contributed by atoms with Gasteiger partial charge in [-0.05, 0) is 12.3 Å². The summed E-state index contributed by atoms with van der Waals surface area (Å²) in [6, 6.07) is 0. The van der Waals surface area contributed by atoms with Crippen molar-refractivity contribution in [2.24, 2.45) is 5.41 Å². The molecule has 0 saturated carbocycles. The Kier molecular flexibility index (Phi) is 6.04. The van der Waals surface area contributed by atoms with Crippen LogP contribution in [0.3, 0.4) is 0 Å². The molecular formula is C10H21BrO2S. The molecular weight excluding hydrogens is 264 g/mol. The van der Waals surface area contributed by atoms with Gasteiger partial charge < -0.3 is 9.84 Å². The van der Waals surface area contributed by atoms with Crippen LogP contribution in [-0.2, 0) is 4.74 Å². The largest absolute Gasteiger partial charge is 0.387 e. The molecule has 2 atom stereocenters. The first-order valence-electron chi connectivity index (χ1n) is 4.75. The lowest BCUT2D eigenvalue weighted by Crippen LogP contribution is -2.40. The minimum Gasteiger partial charge on any atom is -0.387 e. The average molecular weight is 285 g/mol. The van der Waals surface area contributed by atoms with Gasteiger partial charge in [-0.15, -0.1) is 0 Å². The summed E-state index contributed by atoms with van der Waals surface area (Å²) in [7, 11) is 0. The molecule has 2 unspecified atom stereocenters. The van der Waals surface area contributed by atoms with E-state index >= 15 is 0 Å². The molecule has 0 aliphatic heterocycles. The molecule has 0 bridgehead atoms. The summed E-state index contributed by atoms with van der Waals surface area (Å²) >= 11 is 7.63. The van der Waals surface area contributed by atoms with Gasteiger partial charge in [-0.25, -0.2) is 0 Å². The molecule has 0 rings (SSSR count). The van der Waals surface area contributed by atoms with E-state index in [1.807, 2.05) is 6.92 Å². The molecule has 0 aliphatic carbocycles. The van der Waals surface area contributed by atoms with Crippen LogP contribution in [0, 0.1) is 5.41 Å². The van der Waals surface area contributed by atoms with E-state index in [0.717, 1.165) is 5.33 Å². The predicted octanol–water partition coefficient (Wildman–Crippen LogP) is 2.49. The second-order valence-electron chi connectivity index (χ2n) is 4.82. The summed E-state index contributed by atoms with van der Waals surface area (Å²) < 4.78 is 5.49. The lowest BCUT2D eigenvalue weighted by Gasteiger charge is -2.29. The second kappa shape index (κ2) is 5.73. The Hall–Kier alpha value is 0.750. The topological polar surface area (TPSA) is 29.5 Å². The molecule has 0 aromatic rings. The minimum absolute atomic E-state index is 0.0883. The van der Waals surface area contributed by atoms with Gasteiger partial charge >= 0.3 is 0 Å². The van der Waals surface area contributed by atoms with Gasteiger partial charge in [0.1, 0.15) is 0 Å². The number of rotatable bonds is 6. The van der Waals surface area contributed by atoms with Gasteiger partial charge in [0.25, 0.3) is 0 Å². The number of aliphatic hydroxyl groups is 1. The van der Waals surface area contributed by atoms with Crippen molar-refractivity contribution in [3.8, 4) is 0 Å². The van der Waals surface area contributed by atoms with E-state index < -0.39 is 5.60 Å².